The molecule has 4 saturated carbocycles. The van der Waals surface area contributed by atoms with Gasteiger partial charge in [-0.05, 0) is 141 Å². The van der Waals surface area contributed by atoms with Gasteiger partial charge in [-0.25, -0.2) is 0 Å². The number of ether oxygens (including phenoxy) is 1. The molecule has 0 spiro atoms. The van der Waals surface area contributed by atoms with Crippen LogP contribution in [-0.2, 0) is 14.7 Å². The number of benzene rings is 3. The molecule has 216 valence electrons. The van der Waals surface area contributed by atoms with E-state index in [1.807, 2.05) is 6.92 Å². The largest absolute Gasteiger partial charge is 0.494 e. The molecule has 1 atom stereocenters. The van der Waals surface area contributed by atoms with Gasteiger partial charge in [-0.1, -0.05) is 43.3 Å². The Kier molecular flexibility index (Phi) is 6.61. The fourth-order valence-corrected chi connectivity index (χ4v) is 8.56. The summed E-state index contributed by atoms with van der Waals surface area (Å²) < 4.78 is 19.0. The van der Waals surface area contributed by atoms with Crippen LogP contribution >= 0.6 is 0 Å². The summed E-state index contributed by atoms with van der Waals surface area (Å²) in [6.45, 7) is 10.8. The maximum absolute atomic E-state index is 10.3. The quantitative estimate of drug-likeness (QED) is 0.310. The van der Waals surface area contributed by atoms with Crippen molar-refractivity contribution in [3.63, 3.8) is 0 Å². The maximum Gasteiger partial charge on any atom is 0.494 e. The summed E-state index contributed by atoms with van der Waals surface area (Å²) >= 11 is 0. The summed E-state index contributed by atoms with van der Waals surface area (Å²) in [5.41, 5.74) is 4.43. The van der Waals surface area contributed by atoms with E-state index >= 15 is 0 Å². The number of aliphatic hydroxyl groups is 1. The zero-order valence-electron chi connectivity index (χ0n) is 25.4. The molecule has 1 heterocycles. The first kappa shape index (κ1) is 27.5. The molecule has 8 rings (SSSR count). The Morgan fingerprint density at radius 1 is 0.805 bits per heavy atom. The highest BCUT2D eigenvalue weighted by Gasteiger charge is 2.53. The number of rotatable bonds is 7. The van der Waals surface area contributed by atoms with E-state index in [9.17, 15) is 5.11 Å². The molecule has 5 aliphatic rings. The lowest BCUT2D eigenvalue weighted by Crippen LogP contribution is -2.48. The molecule has 4 bridgehead atoms. The normalized spacial score (nSPS) is 30.2. The first-order chi connectivity index (χ1) is 19.5. The van der Waals surface area contributed by atoms with E-state index in [1.54, 1.807) is 0 Å². The van der Waals surface area contributed by atoms with Gasteiger partial charge in [0.1, 0.15) is 12.4 Å². The summed E-state index contributed by atoms with van der Waals surface area (Å²) in [4.78, 5) is 0. The summed E-state index contributed by atoms with van der Waals surface area (Å²) in [5.74, 6) is 3.56. The molecular formula is C36H45BO4. The SMILES string of the molecule is CCC(O)COc1ccc(-c2ccc3cc(B4OC(C)(C)C(C)(C)O4)ccc3c2)cc1C12CC3CC(CC(C3)C1)C2. The van der Waals surface area contributed by atoms with Crippen LogP contribution in [0, 0.1) is 17.8 Å². The lowest BCUT2D eigenvalue weighted by Gasteiger charge is -2.57. The Balaban J connectivity index is 1.22. The van der Waals surface area contributed by atoms with Crippen LogP contribution < -0.4 is 10.2 Å². The van der Waals surface area contributed by atoms with Gasteiger partial charge in [-0.15, -0.1) is 0 Å². The van der Waals surface area contributed by atoms with Crippen molar-refractivity contribution < 1.29 is 19.2 Å². The Bertz CT molecular complexity index is 1410. The minimum Gasteiger partial charge on any atom is -0.491 e. The predicted molar refractivity (Wildman–Crippen MR) is 167 cm³/mol. The molecule has 3 aromatic carbocycles. The molecule has 0 aromatic heterocycles. The molecule has 5 fully saturated rings. The van der Waals surface area contributed by atoms with Crippen LogP contribution in [0.5, 0.6) is 5.75 Å². The molecule has 0 radical (unpaired) electrons. The second-order valence-electron chi connectivity index (χ2n) is 14.7. The minimum atomic E-state index is -0.429. The van der Waals surface area contributed by atoms with Crippen LogP contribution in [0.2, 0.25) is 0 Å². The third kappa shape index (κ3) is 4.82. The molecule has 4 nitrogen and oxygen atoms in total. The zero-order chi connectivity index (χ0) is 28.6. The molecule has 1 unspecified atom stereocenters. The number of hydrogen-bond acceptors (Lipinski definition) is 4. The van der Waals surface area contributed by atoms with Gasteiger partial charge in [0.25, 0.3) is 0 Å². The van der Waals surface area contributed by atoms with Gasteiger partial charge < -0.3 is 19.2 Å². The van der Waals surface area contributed by atoms with Gasteiger partial charge >= 0.3 is 7.12 Å². The minimum absolute atomic E-state index is 0.214. The molecule has 0 amide bonds. The van der Waals surface area contributed by atoms with Crippen LogP contribution in [0.1, 0.15) is 85.1 Å². The van der Waals surface area contributed by atoms with Gasteiger partial charge in [0.15, 0.2) is 0 Å². The van der Waals surface area contributed by atoms with Crippen molar-refractivity contribution >= 4 is 23.4 Å². The fraction of sp³-hybridized carbons (Fsp3) is 0.556. The zero-order valence-corrected chi connectivity index (χ0v) is 25.4. The second kappa shape index (κ2) is 9.86. The summed E-state index contributed by atoms with van der Waals surface area (Å²) in [7, 11) is -0.356. The molecule has 1 saturated heterocycles. The maximum atomic E-state index is 10.3. The third-order valence-electron chi connectivity index (χ3n) is 11.2. The molecule has 5 heteroatoms. The van der Waals surface area contributed by atoms with Gasteiger partial charge in [0.05, 0.1) is 17.3 Å². The topological polar surface area (TPSA) is 47.9 Å². The van der Waals surface area contributed by atoms with Crippen LogP contribution in [0.25, 0.3) is 21.9 Å². The molecule has 4 aliphatic carbocycles. The number of hydrogen-bond donors (Lipinski definition) is 1. The smallest absolute Gasteiger partial charge is 0.491 e. The average Bonchev–Trinajstić information content (AvgIpc) is 3.16. The fourth-order valence-electron chi connectivity index (χ4n) is 8.56. The van der Waals surface area contributed by atoms with Gasteiger partial charge in [-0.3, -0.25) is 0 Å². The molecule has 1 aliphatic heterocycles. The average molecular weight is 553 g/mol. The Hall–Kier alpha value is -2.34. The van der Waals surface area contributed by atoms with E-state index in [-0.39, 0.29) is 23.7 Å². The van der Waals surface area contributed by atoms with Crippen LogP contribution in [0.3, 0.4) is 0 Å². The standard InChI is InChI=1S/C36H45BO4/c1-6-31(38)22-39-33-12-10-29(18-32(33)36-19-23-13-24(20-36)15-25(14-23)21-36)26-7-8-28-17-30(11-9-27(28)16-26)37-40-34(2,3)35(4,5)41-37/h7-12,16-18,23-25,31,38H,6,13-15,19-22H2,1-5H3. The lowest BCUT2D eigenvalue weighted by atomic mass is 9.48. The van der Waals surface area contributed by atoms with E-state index in [0.29, 0.717) is 13.0 Å². The van der Waals surface area contributed by atoms with Crippen molar-refractivity contribution in [2.24, 2.45) is 17.8 Å². The van der Waals surface area contributed by atoms with Crippen molar-refractivity contribution in [1.29, 1.82) is 0 Å². The second-order valence-corrected chi connectivity index (χ2v) is 14.7. The van der Waals surface area contributed by atoms with Crippen molar-refractivity contribution in [2.75, 3.05) is 6.61 Å². The van der Waals surface area contributed by atoms with Crippen molar-refractivity contribution in [3.8, 4) is 16.9 Å². The predicted octanol–water partition coefficient (Wildman–Crippen LogP) is 7.42. The van der Waals surface area contributed by atoms with Crippen LogP contribution in [0.4, 0.5) is 0 Å². The molecule has 41 heavy (non-hydrogen) atoms. The summed E-state index contributed by atoms with van der Waals surface area (Å²) in [6.07, 6.45) is 8.39. The van der Waals surface area contributed by atoms with Crippen molar-refractivity contribution in [2.45, 2.75) is 102 Å². The van der Waals surface area contributed by atoms with E-state index in [0.717, 1.165) is 29.0 Å². The molecule has 1 N–H and O–H groups in total. The molecule has 3 aromatic rings. The van der Waals surface area contributed by atoms with Crippen LogP contribution in [-0.4, -0.2) is 36.1 Å². The van der Waals surface area contributed by atoms with Gasteiger partial charge in [0.2, 0.25) is 0 Å². The van der Waals surface area contributed by atoms with Crippen molar-refractivity contribution in [3.05, 3.63) is 60.2 Å². The van der Waals surface area contributed by atoms with Crippen molar-refractivity contribution in [1.82, 2.24) is 0 Å². The summed E-state index contributed by atoms with van der Waals surface area (Å²) in [5, 5.41) is 12.7. The monoisotopic (exact) mass is 552 g/mol. The van der Waals surface area contributed by atoms with Crippen LogP contribution in [0.15, 0.2) is 54.6 Å². The van der Waals surface area contributed by atoms with E-state index < -0.39 is 6.10 Å². The number of aliphatic hydroxyl groups excluding tert-OH is 1. The Morgan fingerprint density at radius 2 is 1.37 bits per heavy atom. The van der Waals surface area contributed by atoms with Gasteiger partial charge in [0, 0.05) is 5.56 Å². The lowest BCUT2D eigenvalue weighted by molar-refractivity contribution is -0.00692. The molecular weight excluding hydrogens is 507 g/mol. The third-order valence-corrected chi connectivity index (χ3v) is 11.2. The first-order valence-electron chi connectivity index (χ1n) is 15.9. The number of fused-ring (bicyclic) bond motifs is 1. The highest BCUT2D eigenvalue weighted by Crippen LogP contribution is 2.62. The Morgan fingerprint density at radius 3 is 2.00 bits per heavy atom. The van der Waals surface area contributed by atoms with E-state index in [1.165, 1.54) is 66.0 Å². The first-order valence-corrected chi connectivity index (χ1v) is 15.9. The van der Waals surface area contributed by atoms with Gasteiger partial charge in [-0.2, -0.15) is 0 Å². The van der Waals surface area contributed by atoms with E-state index in [2.05, 4.69) is 82.3 Å². The van der Waals surface area contributed by atoms with E-state index in [4.69, 9.17) is 14.0 Å². The highest BCUT2D eigenvalue weighted by atomic mass is 16.7. The summed E-state index contributed by atoms with van der Waals surface area (Å²) in [6, 6.07) is 20.1. The highest BCUT2D eigenvalue weighted by molar-refractivity contribution is 6.62. The Labute approximate surface area is 245 Å².